The van der Waals surface area contributed by atoms with Gasteiger partial charge in [0, 0.05) is 12.1 Å². The summed E-state index contributed by atoms with van der Waals surface area (Å²) >= 11 is 0. The summed E-state index contributed by atoms with van der Waals surface area (Å²) in [6, 6.07) is 0.833. The zero-order valence-corrected chi connectivity index (χ0v) is 11.5. The van der Waals surface area contributed by atoms with Crippen molar-refractivity contribution in [1.29, 1.82) is 0 Å². The first-order valence-corrected chi connectivity index (χ1v) is 6.83. The van der Waals surface area contributed by atoms with Crippen LogP contribution >= 0.6 is 0 Å². The van der Waals surface area contributed by atoms with Crippen LogP contribution in [-0.4, -0.2) is 49.6 Å². The molecular weight excluding hydrogens is 214 g/mol. The molecule has 0 aromatic rings. The molecule has 0 spiro atoms. The number of rotatable bonds is 5. The Hall–Kier alpha value is -0.610. The predicted molar refractivity (Wildman–Crippen MR) is 71.0 cm³/mol. The quantitative estimate of drug-likeness (QED) is 0.754. The van der Waals surface area contributed by atoms with E-state index >= 15 is 0 Å². The number of likely N-dealkylation sites (N-methyl/N-ethyl adjacent to an activating group) is 1. The molecule has 17 heavy (non-hydrogen) atoms. The van der Waals surface area contributed by atoms with Gasteiger partial charge in [0.05, 0.1) is 6.54 Å². The van der Waals surface area contributed by atoms with Crippen molar-refractivity contribution in [2.75, 3.05) is 26.7 Å². The Kier molecular flexibility index (Phi) is 6.52. The minimum Gasteiger partial charge on any atom is -0.353 e. The highest BCUT2D eigenvalue weighted by molar-refractivity contribution is 5.78. The van der Waals surface area contributed by atoms with Crippen LogP contribution in [0, 0.1) is 0 Å². The summed E-state index contributed by atoms with van der Waals surface area (Å²) in [5.41, 5.74) is 0. The number of carbonyl (C=O) groups is 1. The Morgan fingerprint density at radius 2 is 2.24 bits per heavy atom. The van der Waals surface area contributed by atoms with Gasteiger partial charge in [-0.05, 0) is 52.7 Å². The van der Waals surface area contributed by atoms with Gasteiger partial charge in [0.15, 0.2) is 0 Å². The normalized spacial score (nSPS) is 23.2. The van der Waals surface area contributed by atoms with Crippen LogP contribution in [0.1, 0.15) is 39.5 Å². The molecule has 2 atom stereocenters. The van der Waals surface area contributed by atoms with Gasteiger partial charge in [-0.25, -0.2) is 0 Å². The van der Waals surface area contributed by atoms with Crippen molar-refractivity contribution in [3.63, 3.8) is 0 Å². The highest BCUT2D eigenvalue weighted by Gasteiger charge is 2.19. The maximum Gasteiger partial charge on any atom is 0.234 e. The topological polar surface area (TPSA) is 44.4 Å². The zero-order chi connectivity index (χ0) is 12.7. The van der Waals surface area contributed by atoms with Crippen LogP contribution < -0.4 is 10.6 Å². The van der Waals surface area contributed by atoms with Crippen LogP contribution in [0.2, 0.25) is 0 Å². The molecule has 1 fully saturated rings. The molecular formula is C13H27N3O. The van der Waals surface area contributed by atoms with E-state index in [2.05, 4.69) is 29.5 Å². The monoisotopic (exact) mass is 241 g/mol. The van der Waals surface area contributed by atoms with Crippen molar-refractivity contribution < 1.29 is 4.79 Å². The molecule has 0 aliphatic carbocycles. The molecule has 1 amide bonds. The number of hydrogen-bond acceptors (Lipinski definition) is 3. The van der Waals surface area contributed by atoms with Crippen LogP contribution in [-0.2, 0) is 4.79 Å². The second-order valence-electron chi connectivity index (χ2n) is 5.13. The van der Waals surface area contributed by atoms with Gasteiger partial charge in [0.25, 0.3) is 0 Å². The molecule has 4 nitrogen and oxygen atoms in total. The first kappa shape index (κ1) is 14.5. The van der Waals surface area contributed by atoms with Crippen molar-refractivity contribution in [2.45, 2.75) is 51.6 Å². The fourth-order valence-corrected chi connectivity index (χ4v) is 2.22. The summed E-state index contributed by atoms with van der Waals surface area (Å²) in [5.74, 6) is 0.152. The van der Waals surface area contributed by atoms with Crippen LogP contribution in [0.5, 0.6) is 0 Å². The number of nitrogens with zero attached hydrogens (tertiary/aromatic N) is 1. The summed E-state index contributed by atoms with van der Waals surface area (Å²) in [7, 11) is 2.06. The maximum absolute atomic E-state index is 11.8. The standard InChI is InChI=1S/C13H27N3O/c1-4-11(2)15-13(17)10-16(3)12-6-5-8-14-9-7-12/h11-12,14H,4-10H2,1-3H3,(H,15,17). The molecule has 1 heterocycles. The minimum absolute atomic E-state index is 0.152. The Morgan fingerprint density at radius 3 is 2.94 bits per heavy atom. The van der Waals surface area contributed by atoms with Crippen molar-refractivity contribution in [2.24, 2.45) is 0 Å². The zero-order valence-electron chi connectivity index (χ0n) is 11.5. The van der Waals surface area contributed by atoms with Gasteiger partial charge in [-0.3, -0.25) is 9.69 Å². The highest BCUT2D eigenvalue weighted by Crippen LogP contribution is 2.11. The predicted octanol–water partition coefficient (Wildman–Crippen LogP) is 0.975. The summed E-state index contributed by atoms with van der Waals surface area (Å²) < 4.78 is 0. The Morgan fingerprint density at radius 1 is 1.47 bits per heavy atom. The third-order valence-electron chi connectivity index (χ3n) is 3.58. The molecule has 0 bridgehead atoms. The van der Waals surface area contributed by atoms with E-state index in [9.17, 15) is 4.79 Å². The maximum atomic E-state index is 11.8. The fraction of sp³-hybridized carbons (Fsp3) is 0.923. The Balaban J connectivity index is 2.31. The number of carbonyl (C=O) groups excluding carboxylic acids is 1. The molecule has 1 aliphatic rings. The molecule has 0 saturated carbocycles. The lowest BCUT2D eigenvalue weighted by atomic mass is 10.1. The largest absolute Gasteiger partial charge is 0.353 e. The molecule has 2 N–H and O–H groups in total. The number of hydrogen-bond donors (Lipinski definition) is 2. The molecule has 4 heteroatoms. The summed E-state index contributed by atoms with van der Waals surface area (Å²) in [5, 5.41) is 6.42. The van der Waals surface area contributed by atoms with Gasteiger partial charge < -0.3 is 10.6 Å². The van der Waals surface area contributed by atoms with E-state index in [1.807, 2.05) is 6.92 Å². The molecule has 0 aromatic heterocycles. The van der Waals surface area contributed by atoms with Crippen molar-refractivity contribution in [1.82, 2.24) is 15.5 Å². The first-order chi connectivity index (χ1) is 8.13. The van der Waals surface area contributed by atoms with Crippen LogP contribution in [0.3, 0.4) is 0 Å². The highest BCUT2D eigenvalue weighted by atomic mass is 16.2. The molecule has 100 valence electrons. The van der Waals surface area contributed by atoms with E-state index in [-0.39, 0.29) is 11.9 Å². The van der Waals surface area contributed by atoms with Gasteiger partial charge in [0.1, 0.15) is 0 Å². The first-order valence-electron chi connectivity index (χ1n) is 6.83. The van der Waals surface area contributed by atoms with Crippen molar-refractivity contribution in [3.8, 4) is 0 Å². The lowest BCUT2D eigenvalue weighted by Crippen LogP contribution is -2.43. The summed E-state index contributed by atoms with van der Waals surface area (Å²) in [4.78, 5) is 14.0. The molecule has 0 radical (unpaired) electrons. The molecule has 1 aliphatic heterocycles. The fourth-order valence-electron chi connectivity index (χ4n) is 2.22. The average Bonchev–Trinajstić information content (AvgIpc) is 2.57. The van der Waals surface area contributed by atoms with E-state index in [4.69, 9.17) is 0 Å². The van der Waals surface area contributed by atoms with Crippen LogP contribution in [0.4, 0.5) is 0 Å². The van der Waals surface area contributed by atoms with Gasteiger partial charge in [-0.1, -0.05) is 6.92 Å². The lowest BCUT2D eigenvalue weighted by molar-refractivity contribution is -0.123. The molecule has 0 aromatic carbocycles. The Labute approximate surface area is 105 Å². The molecule has 2 unspecified atom stereocenters. The van der Waals surface area contributed by atoms with E-state index in [1.165, 1.54) is 12.8 Å². The number of amides is 1. The average molecular weight is 241 g/mol. The van der Waals surface area contributed by atoms with Crippen molar-refractivity contribution >= 4 is 5.91 Å². The van der Waals surface area contributed by atoms with Gasteiger partial charge >= 0.3 is 0 Å². The number of nitrogens with one attached hydrogen (secondary N) is 2. The third kappa shape index (κ3) is 5.50. The SMILES string of the molecule is CCC(C)NC(=O)CN(C)C1CCCNCC1. The van der Waals surface area contributed by atoms with E-state index < -0.39 is 0 Å². The van der Waals surface area contributed by atoms with Crippen LogP contribution in [0.25, 0.3) is 0 Å². The van der Waals surface area contributed by atoms with E-state index in [1.54, 1.807) is 0 Å². The molecule has 1 saturated heterocycles. The second-order valence-corrected chi connectivity index (χ2v) is 5.13. The smallest absolute Gasteiger partial charge is 0.234 e. The van der Waals surface area contributed by atoms with Gasteiger partial charge in [0.2, 0.25) is 5.91 Å². The van der Waals surface area contributed by atoms with E-state index in [0.717, 1.165) is 25.9 Å². The van der Waals surface area contributed by atoms with Gasteiger partial charge in [-0.2, -0.15) is 0 Å². The van der Waals surface area contributed by atoms with Crippen molar-refractivity contribution in [3.05, 3.63) is 0 Å². The lowest BCUT2D eigenvalue weighted by Gasteiger charge is -2.26. The second kappa shape index (κ2) is 7.67. The summed E-state index contributed by atoms with van der Waals surface area (Å²) in [6.45, 7) is 6.85. The van der Waals surface area contributed by atoms with Crippen LogP contribution in [0.15, 0.2) is 0 Å². The summed E-state index contributed by atoms with van der Waals surface area (Å²) in [6.07, 6.45) is 4.54. The third-order valence-corrected chi connectivity index (χ3v) is 3.58. The van der Waals surface area contributed by atoms with E-state index in [0.29, 0.717) is 12.6 Å². The Bertz CT molecular complexity index is 225. The minimum atomic E-state index is 0.152. The molecule has 1 rings (SSSR count). The van der Waals surface area contributed by atoms with Gasteiger partial charge in [-0.15, -0.1) is 0 Å².